The van der Waals surface area contributed by atoms with E-state index in [0.717, 1.165) is 23.1 Å². The van der Waals surface area contributed by atoms with E-state index < -0.39 is 27.2 Å². The summed E-state index contributed by atoms with van der Waals surface area (Å²) in [5, 5.41) is 4.24. The Labute approximate surface area is 172 Å². The lowest BCUT2D eigenvalue weighted by molar-refractivity contribution is -0.118. The Morgan fingerprint density at radius 1 is 1.27 bits per heavy atom. The van der Waals surface area contributed by atoms with Gasteiger partial charge in [0, 0.05) is 25.2 Å². The molecule has 10 nitrogen and oxygen atoms in total. The number of nitrogens with one attached hydrogen (secondary N) is 1. The molecule has 0 fully saturated rings. The van der Waals surface area contributed by atoms with Gasteiger partial charge in [-0.1, -0.05) is 20.8 Å². The van der Waals surface area contributed by atoms with E-state index in [4.69, 9.17) is 0 Å². The minimum Gasteiger partial charge on any atom is -0.305 e. The molecule has 0 aliphatic carbocycles. The lowest BCUT2D eigenvalue weighted by atomic mass is 9.93. The van der Waals surface area contributed by atoms with Crippen molar-refractivity contribution in [3.8, 4) is 11.3 Å². The summed E-state index contributed by atoms with van der Waals surface area (Å²) in [4.78, 5) is 40.7. The van der Waals surface area contributed by atoms with Crippen LogP contribution in [0.5, 0.6) is 0 Å². The van der Waals surface area contributed by atoms with Crippen molar-refractivity contribution in [1.29, 1.82) is 0 Å². The first-order valence-electron chi connectivity index (χ1n) is 9.32. The maximum Gasteiger partial charge on any atom is 0.349 e. The number of H-pyrrole nitrogens is 1. The first-order chi connectivity index (χ1) is 14.0. The number of aromatic nitrogens is 4. The van der Waals surface area contributed by atoms with Gasteiger partial charge in [0.1, 0.15) is 0 Å². The zero-order chi connectivity index (χ0) is 22.4. The molecule has 0 radical (unpaired) electrons. The highest BCUT2D eigenvalue weighted by molar-refractivity contribution is 7.92. The van der Waals surface area contributed by atoms with Crippen molar-refractivity contribution in [3.63, 3.8) is 0 Å². The van der Waals surface area contributed by atoms with Crippen LogP contribution in [0.1, 0.15) is 38.7 Å². The van der Waals surface area contributed by atoms with E-state index in [-0.39, 0.29) is 27.7 Å². The second kappa shape index (κ2) is 7.56. The molecular formula is C19H23N5O5S. The maximum absolute atomic E-state index is 13.2. The average Bonchev–Trinajstić information content (AvgIpc) is 3.08. The first-order valence-corrected chi connectivity index (χ1v) is 11.2. The van der Waals surface area contributed by atoms with Gasteiger partial charge in [-0.2, -0.15) is 5.10 Å². The normalized spacial score (nSPS) is 11.9. The van der Waals surface area contributed by atoms with Gasteiger partial charge in [0.25, 0.3) is 21.5 Å². The zero-order valence-corrected chi connectivity index (χ0v) is 18.1. The topological polar surface area (TPSA) is 127 Å². The number of amides is 1. The first kappa shape index (κ1) is 21.5. The van der Waals surface area contributed by atoms with Gasteiger partial charge in [-0.05, 0) is 29.7 Å². The number of carbonyl (C=O) groups is 1. The van der Waals surface area contributed by atoms with E-state index >= 15 is 0 Å². The monoisotopic (exact) mass is 433 g/mol. The standard InChI is InChI=1S/C19H23N5O5S/c1-6-17(25)24(30(5,28)29)23-18(26)14-9-13(16-7-8-20-22(16)4)12(11(2)3)10-15(14)21-19(23)27/h7-11H,6H2,1-5H3,(H,21,27). The van der Waals surface area contributed by atoms with Crippen LogP contribution in [-0.2, 0) is 21.9 Å². The number of sulfonamides is 1. The summed E-state index contributed by atoms with van der Waals surface area (Å²) in [7, 11) is -2.45. The van der Waals surface area contributed by atoms with E-state index in [1.54, 1.807) is 36.1 Å². The fraction of sp³-hybridized carbons (Fsp3) is 0.368. The number of nitrogens with zero attached hydrogens (tertiary/aromatic N) is 4. The summed E-state index contributed by atoms with van der Waals surface area (Å²) in [5.74, 6) is -0.825. The molecule has 3 rings (SSSR count). The molecule has 1 aromatic carbocycles. The molecule has 0 aliphatic heterocycles. The molecule has 0 atom stereocenters. The Bertz CT molecular complexity index is 1360. The van der Waals surface area contributed by atoms with Gasteiger partial charge >= 0.3 is 5.69 Å². The van der Waals surface area contributed by atoms with E-state index in [1.807, 2.05) is 13.8 Å². The van der Waals surface area contributed by atoms with Crippen molar-refractivity contribution in [2.45, 2.75) is 33.1 Å². The smallest absolute Gasteiger partial charge is 0.305 e. The molecule has 2 heterocycles. The molecule has 30 heavy (non-hydrogen) atoms. The van der Waals surface area contributed by atoms with Crippen molar-refractivity contribution in [3.05, 3.63) is 50.8 Å². The van der Waals surface area contributed by atoms with Crippen LogP contribution in [0.4, 0.5) is 0 Å². The third-order valence-electron chi connectivity index (χ3n) is 4.78. The van der Waals surface area contributed by atoms with Crippen LogP contribution in [-0.4, -0.2) is 40.0 Å². The van der Waals surface area contributed by atoms with Crippen LogP contribution >= 0.6 is 0 Å². The molecule has 11 heteroatoms. The molecule has 2 aromatic heterocycles. The van der Waals surface area contributed by atoms with Gasteiger partial charge in [-0.15, -0.1) is 9.09 Å². The molecule has 0 spiro atoms. The lowest BCUT2D eigenvalue weighted by Gasteiger charge is -2.21. The number of aromatic amines is 1. The van der Waals surface area contributed by atoms with E-state index in [0.29, 0.717) is 4.68 Å². The lowest BCUT2D eigenvalue weighted by Crippen LogP contribution is -2.55. The molecule has 0 aliphatic rings. The zero-order valence-electron chi connectivity index (χ0n) is 17.3. The Balaban J connectivity index is 2.44. The molecule has 0 saturated carbocycles. The van der Waals surface area contributed by atoms with Crippen molar-refractivity contribution in [1.82, 2.24) is 19.4 Å². The minimum atomic E-state index is -4.21. The fourth-order valence-corrected chi connectivity index (χ4v) is 4.30. The average molecular weight is 433 g/mol. The van der Waals surface area contributed by atoms with Gasteiger partial charge in [0.2, 0.25) is 0 Å². The summed E-state index contributed by atoms with van der Waals surface area (Å²) in [6.45, 7) is 5.40. The molecule has 3 aromatic rings. The molecule has 0 unspecified atom stereocenters. The predicted molar refractivity (Wildman–Crippen MR) is 113 cm³/mol. The van der Waals surface area contributed by atoms with E-state index in [9.17, 15) is 22.8 Å². The maximum atomic E-state index is 13.2. The van der Waals surface area contributed by atoms with Gasteiger partial charge in [-0.25, -0.2) is 13.2 Å². The number of rotatable bonds is 5. The van der Waals surface area contributed by atoms with Crippen LogP contribution in [0.3, 0.4) is 0 Å². The molecule has 1 N–H and O–H groups in total. The van der Waals surface area contributed by atoms with E-state index in [1.165, 1.54) is 6.92 Å². The van der Waals surface area contributed by atoms with Crippen molar-refractivity contribution < 1.29 is 13.2 Å². The quantitative estimate of drug-likeness (QED) is 0.641. The third-order valence-corrected chi connectivity index (χ3v) is 5.77. The summed E-state index contributed by atoms with van der Waals surface area (Å²) in [5.41, 5.74) is 0.697. The SMILES string of the molecule is CCC(=O)N(n1c(=O)[nH]c2cc(C(C)C)c(-c3ccnn3C)cc2c1=O)S(C)(=O)=O. The number of fused-ring (bicyclic) bond motifs is 1. The van der Waals surface area contributed by atoms with Crippen LogP contribution < -0.4 is 15.7 Å². The van der Waals surface area contributed by atoms with Crippen molar-refractivity contribution in [2.24, 2.45) is 7.05 Å². The molecule has 0 saturated heterocycles. The number of hydrogen-bond donors (Lipinski definition) is 1. The Kier molecular flexibility index (Phi) is 5.42. The number of benzene rings is 1. The van der Waals surface area contributed by atoms with Gasteiger partial charge in [-0.3, -0.25) is 14.3 Å². The second-order valence-electron chi connectivity index (χ2n) is 7.28. The van der Waals surface area contributed by atoms with Gasteiger partial charge < -0.3 is 4.98 Å². The van der Waals surface area contributed by atoms with Crippen LogP contribution in [0, 0.1) is 0 Å². The van der Waals surface area contributed by atoms with Crippen molar-refractivity contribution >= 4 is 26.8 Å². The summed E-state index contributed by atoms with van der Waals surface area (Å²) in [6, 6.07) is 5.08. The van der Waals surface area contributed by atoms with Gasteiger partial charge in [0.15, 0.2) is 0 Å². The van der Waals surface area contributed by atoms with E-state index in [2.05, 4.69) is 10.1 Å². The predicted octanol–water partition coefficient (Wildman–Crippen LogP) is 1.05. The second-order valence-corrected chi connectivity index (χ2v) is 9.09. The highest BCUT2D eigenvalue weighted by Gasteiger charge is 2.28. The molecule has 0 bridgehead atoms. The molecular weight excluding hydrogens is 410 g/mol. The largest absolute Gasteiger partial charge is 0.349 e. The Morgan fingerprint density at radius 2 is 1.93 bits per heavy atom. The summed E-state index contributed by atoms with van der Waals surface area (Å²) < 4.78 is 26.6. The Morgan fingerprint density at radius 3 is 2.43 bits per heavy atom. The molecule has 1 amide bonds. The molecule has 160 valence electrons. The van der Waals surface area contributed by atoms with Crippen LogP contribution in [0.25, 0.3) is 22.2 Å². The number of carbonyl (C=O) groups excluding carboxylic acids is 1. The summed E-state index contributed by atoms with van der Waals surface area (Å²) in [6.07, 6.45) is 2.18. The Hall–Kier alpha value is -3.21. The summed E-state index contributed by atoms with van der Waals surface area (Å²) >= 11 is 0. The van der Waals surface area contributed by atoms with Gasteiger partial charge in [0.05, 0.1) is 22.9 Å². The number of aryl methyl sites for hydroxylation is 1. The third kappa shape index (κ3) is 3.56. The highest BCUT2D eigenvalue weighted by Crippen LogP contribution is 2.31. The minimum absolute atomic E-state index is 0.0689. The number of hydrogen-bond acceptors (Lipinski definition) is 6. The van der Waals surface area contributed by atoms with Crippen LogP contribution in [0.15, 0.2) is 34.0 Å². The van der Waals surface area contributed by atoms with Crippen molar-refractivity contribution in [2.75, 3.05) is 10.7 Å². The fourth-order valence-electron chi connectivity index (χ4n) is 3.35. The van der Waals surface area contributed by atoms with Crippen LogP contribution in [0.2, 0.25) is 0 Å². The highest BCUT2D eigenvalue weighted by atomic mass is 32.2.